The van der Waals surface area contributed by atoms with Gasteiger partial charge in [0.2, 0.25) is 0 Å². The van der Waals surface area contributed by atoms with Crippen LogP contribution in [0.3, 0.4) is 0 Å². The SMILES string of the molecule is CCNC1CCC(C(C)C)CC1SC(C)CO. The van der Waals surface area contributed by atoms with Crippen LogP contribution in [0.15, 0.2) is 0 Å². The van der Waals surface area contributed by atoms with E-state index >= 15 is 0 Å². The van der Waals surface area contributed by atoms with Crippen molar-refractivity contribution < 1.29 is 5.11 Å². The lowest BCUT2D eigenvalue weighted by Gasteiger charge is -2.38. The Bertz CT molecular complexity index is 210. The van der Waals surface area contributed by atoms with Crippen molar-refractivity contribution in [3.05, 3.63) is 0 Å². The second kappa shape index (κ2) is 7.65. The van der Waals surface area contributed by atoms with Gasteiger partial charge >= 0.3 is 0 Å². The minimum Gasteiger partial charge on any atom is -0.395 e. The maximum atomic E-state index is 9.22. The third-order valence-corrected chi connectivity index (χ3v) is 5.39. The molecule has 1 fully saturated rings. The molecule has 0 amide bonds. The van der Waals surface area contributed by atoms with E-state index in [-0.39, 0.29) is 0 Å². The molecule has 2 N–H and O–H groups in total. The number of hydrogen-bond donors (Lipinski definition) is 2. The molecule has 4 atom stereocenters. The maximum absolute atomic E-state index is 9.22. The van der Waals surface area contributed by atoms with Gasteiger partial charge in [-0.1, -0.05) is 27.7 Å². The first kappa shape index (κ1) is 15.3. The van der Waals surface area contributed by atoms with Crippen molar-refractivity contribution in [2.24, 2.45) is 11.8 Å². The van der Waals surface area contributed by atoms with E-state index in [9.17, 15) is 5.11 Å². The van der Waals surface area contributed by atoms with Crippen LogP contribution in [-0.2, 0) is 0 Å². The molecular weight excluding hydrogens is 230 g/mol. The van der Waals surface area contributed by atoms with E-state index in [0.29, 0.717) is 23.1 Å². The molecule has 0 aliphatic heterocycles. The summed E-state index contributed by atoms with van der Waals surface area (Å²) in [6.45, 7) is 10.4. The van der Waals surface area contributed by atoms with Crippen molar-refractivity contribution in [3.63, 3.8) is 0 Å². The smallest absolute Gasteiger partial charge is 0.0547 e. The highest BCUT2D eigenvalue weighted by Crippen LogP contribution is 2.37. The molecule has 0 aromatic carbocycles. The molecule has 1 saturated carbocycles. The summed E-state index contributed by atoms with van der Waals surface area (Å²) in [5, 5.41) is 13.9. The second-order valence-corrected chi connectivity index (χ2v) is 7.33. The van der Waals surface area contributed by atoms with Crippen LogP contribution < -0.4 is 5.32 Å². The molecule has 3 heteroatoms. The fraction of sp³-hybridized carbons (Fsp3) is 1.00. The predicted molar refractivity (Wildman–Crippen MR) is 77.6 cm³/mol. The molecule has 0 aromatic heterocycles. The minimum absolute atomic E-state index is 0.298. The first-order valence-corrected chi connectivity index (χ1v) is 8.02. The second-order valence-electron chi connectivity index (χ2n) is 5.65. The Hall–Kier alpha value is 0.270. The quantitative estimate of drug-likeness (QED) is 0.769. The van der Waals surface area contributed by atoms with E-state index < -0.39 is 0 Å². The fourth-order valence-electron chi connectivity index (χ4n) is 2.75. The molecular formula is C14H29NOS. The Labute approximate surface area is 111 Å². The van der Waals surface area contributed by atoms with E-state index in [0.717, 1.165) is 18.4 Å². The van der Waals surface area contributed by atoms with Crippen LogP contribution in [0, 0.1) is 11.8 Å². The van der Waals surface area contributed by atoms with Gasteiger partial charge in [0.1, 0.15) is 0 Å². The van der Waals surface area contributed by atoms with E-state index in [1.807, 2.05) is 11.8 Å². The van der Waals surface area contributed by atoms with Crippen LogP contribution >= 0.6 is 11.8 Å². The summed E-state index contributed by atoms with van der Waals surface area (Å²) in [7, 11) is 0. The van der Waals surface area contributed by atoms with Crippen molar-refractivity contribution >= 4 is 11.8 Å². The molecule has 0 saturated heterocycles. The van der Waals surface area contributed by atoms with E-state index in [1.54, 1.807) is 0 Å². The molecule has 2 nitrogen and oxygen atoms in total. The highest BCUT2D eigenvalue weighted by molar-refractivity contribution is 8.00. The van der Waals surface area contributed by atoms with Gasteiger partial charge in [-0.25, -0.2) is 0 Å². The number of aliphatic hydroxyl groups is 1. The molecule has 0 radical (unpaired) electrons. The number of hydrogen-bond acceptors (Lipinski definition) is 3. The van der Waals surface area contributed by atoms with Crippen LogP contribution in [0.25, 0.3) is 0 Å². The third kappa shape index (κ3) is 4.80. The lowest BCUT2D eigenvalue weighted by atomic mass is 9.79. The van der Waals surface area contributed by atoms with Crippen LogP contribution in [0.4, 0.5) is 0 Å². The van der Waals surface area contributed by atoms with Gasteiger partial charge in [-0.3, -0.25) is 0 Å². The van der Waals surface area contributed by atoms with E-state index in [4.69, 9.17) is 0 Å². The van der Waals surface area contributed by atoms with E-state index in [1.165, 1.54) is 19.3 Å². The number of aliphatic hydroxyl groups excluding tert-OH is 1. The van der Waals surface area contributed by atoms with Crippen LogP contribution in [-0.4, -0.2) is 34.8 Å². The van der Waals surface area contributed by atoms with Gasteiger partial charge in [-0.05, 0) is 37.6 Å². The summed E-state index contributed by atoms with van der Waals surface area (Å²) < 4.78 is 0. The zero-order valence-corrected chi connectivity index (χ0v) is 12.6. The zero-order valence-electron chi connectivity index (χ0n) is 11.8. The van der Waals surface area contributed by atoms with Crippen LogP contribution in [0.1, 0.15) is 47.0 Å². The van der Waals surface area contributed by atoms with Crippen molar-refractivity contribution in [1.29, 1.82) is 0 Å². The average molecular weight is 259 g/mol. The largest absolute Gasteiger partial charge is 0.395 e. The van der Waals surface area contributed by atoms with Crippen molar-refractivity contribution in [3.8, 4) is 0 Å². The maximum Gasteiger partial charge on any atom is 0.0547 e. The standard InChI is InChI=1S/C14H29NOS/c1-5-15-13-7-6-12(10(2)3)8-14(13)17-11(4)9-16/h10-16H,5-9H2,1-4H3. The first-order valence-electron chi connectivity index (χ1n) is 7.08. The van der Waals surface area contributed by atoms with Crippen LogP contribution in [0.5, 0.6) is 0 Å². The molecule has 4 unspecified atom stereocenters. The van der Waals surface area contributed by atoms with Gasteiger partial charge in [-0.15, -0.1) is 0 Å². The molecule has 1 aliphatic carbocycles. The lowest BCUT2D eigenvalue weighted by molar-refractivity contribution is 0.246. The summed E-state index contributed by atoms with van der Waals surface area (Å²) in [5.41, 5.74) is 0. The Kier molecular flexibility index (Phi) is 6.90. The van der Waals surface area contributed by atoms with E-state index in [2.05, 4.69) is 33.0 Å². The molecule has 0 spiro atoms. The number of nitrogens with one attached hydrogen (secondary N) is 1. The van der Waals surface area contributed by atoms with Gasteiger partial charge in [-0.2, -0.15) is 11.8 Å². The van der Waals surface area contributed by atoms with Gasteiger partial charge in [0, 0.05) is 16.5 Å². The Morgan fingerprint density at radius 3 is 2.53 bits per heavy atom. The molecule has 0 heterocycles. The Morgan fingerprint density at radius 1 is 1.29 bits per heavy atom. The highest BCUT2D eigenvalue weighted by Gasteiger charge is 2.32. The summed E-state index contributed by atoms with van der Waals surface area (Å²) in [6, 6.07) is 0.647. The molecule has 102 valence electrons. The molecule has 1 rings (SSSR count). The Balaban J connectivity index is 2.55. The third-order valence-electron chi connectivity index (χ3n) is 3.91. The molecule has 0 bridgehead atoms. The first-order chi connectivity index (χ1) is 8.08. The monoisotopic (exact) mass is 259 g/mol. The normalized spacial score (nSPS) is 31.8. The summed E-state index contributed by atoms with van der Waals surface area (Å²) in [6.07, 6.45) is 3.97. The lowest BCUT2D eigenvalue weighted by Crippen LogP contribution is -2.44. The van der Waals surface area contributed by atoms with Gasteiger partial charge in [0.05, 0.1) is 6.61 Å². The fourth-order valence-corrected chi connectivity index (χ4v) is 4.22. The van der Waals surface area contributed by atoms with Crippen molar-refractivity contribution in [2.75, 3.05) is 13.2 Å². The van der Waals surface area contributed by atoms with Crippen molar-refractivity contribution in [2.45, 2.75) is 63.5 Å². The summed E-state index contributed by atoms with van der Waals surface area (Å²) >= 11 is 1.98. The molecule has 0 aromatic rings. The van der Waals surface area contributed by atoms with Gasteiger partial charge in [0.25, 0.3) is 0 Å². The predicted octanol–water partition coefficient (Wildman–Crippen LogP) is 2.90. The van der Waals surface area contributed by atoms with Gasteiger partial charge in [0.15, 0.2) is 0 Å². The zero-order chi connectivity index (χ0) is 12.8. The molecule has 1 aliphatic rings. The average Bonchev–Trinajstić information content (AvgIpc) is 2.31. The topological polar surface area (TPSA) is 32.3 Å². The highest BCUT2D eigenvalue weighted by atomic mass is 32.2. The molecule has 17 heavy (non-hydrogen) atoms. The minimum atomic E-state index is 0.298. The number of thioether (sulfide) groups is 1. The van der Waals surface area contributed by atoms with Crippen molar-refractivity contribution in [1.82, 2.24) is 5.32 Å². The van der Waals surface area contributed by atoms with Gasteiger partial charge < -0.3 is 10.4 Å². The number of rotatable bonds is 6. The summed E-state index contributed by atoms with van der Waals surface area (Å²) in [5.74, 6) is 1.67. The Morgan fingerprint density at radius 2 is 2.00 bits per heavy atom. The van der Waals surface area contributed by atoms with Crippen LogP contribution in [0.2, 0.25) is 0 Å². The summed E-state index contributed by atoms with van der Waals surface area (Å²) in [4.78, 5) is 0.